The molecule has 3 aromatic carbocycles. The van der Waals surface area contributed by atoms with Gasteiger partial charge in [-0.3, -0.25) is 0 Å². The number of hydrogen-bond donors (Lipinski definition) is 0. The highest BCUT2D eigenvalue weighted by Gasteiger charge is 2.15. The molecule has 3 nitrogen and oxygen atoms in total. The zero-order valence-corrected chi connectivity index (χ0v) is 18.6. The fraction of sp³-hybridized carbons (Fsp3) is 0.160. The fourth-order valence-corrected chi connectivity index (χ4v) is 3.74. The van der Waals surface area contributed by atoms with Crippen LogP contribution in [0.25, 0.3) is 34.2 Å². The Bertz CT molecular complexity index is 1130. The Morgan fingerprint density at radius 1 is 0.552 bits per heavy atom. The summed E-state index contributed by atoms with van der Waals surface area (Å²) in [7, 11) is 0. The van der Waals surface area contributed by atoms with Gasteiger partial charge in [0.25, 0.3) is 0 Å². The van der Waals surface area contributed by atoms with Crippen LogP contribution < -0.4 is 0 Å². The van der Waals surface area contributed by atoms with Crippen molar-refractivity contribution < 1.29 is 0 Å². The summed E-state index contributed by atoms with van der Waals surface area (Å²) in [4.78, 5) is 14.5. The second-order valence-corrected chi connectivity index (χ2v) is 8.37. The number of nitrogens with zero attached hydrogens (tertiary/aromatic N) is 3. The minimum atomic E-state index is 0.678. The lowest BCUT2D eigenvalue weighted by atomic mass is 10.0. The first-order chi connectivity index (χ1) is 13.9. The van der Waals surface area contributed by atoms with Gasteiger partial charge in [-0.15, -0.1) is 0 Å². The first-order valence-electron chi connectivity index (χ1n) is 9.58. The highest BCUT2D eigenvalue weighted by Crippen LogP contribution is 2.29. The van der Waals surface area contributed by atoms with E-state index < -0.39 is 0 Å². The van der Waals surface area contributed by atoms with Crippen LogP contribution in [-0.2, 0) is 0 Å². The molecule has 144 valence electrons. The highest BCUT2D eigenvalue weighted by atomic mass is 79.9. The lowest BCUT2D eigenvalue weighted by molar-refractivity contribution is 1.07. The maximum Gasteiger partial charge on any atom is 0.164 e. The second kappa shape index (κ2) is 7.88. The summed E-state index contributed by atoms with van der Waals surface area (Å²) in [6.07, 6.45) is 0. The van der Waals surface area contributed by atoms with Crippen LogP contribution in [0.4, 0.5) is 0 Å². The summed E-state index contributed by atoms with van der Waals surface area (Å²) >= 11 is 3.50. The van der Waals surface area contributed by atoms with E-state index in [-0.39, 0.29) is 0 Å². The molecule has 0 saturated heterocycles. The number of aromatic nitrogens is 3. The van der Waals surface area contributed by atoms with Gasteiger partial charge in [0.15, 0.2) is 17.5 Å². The maximum absolute atomic E-state index is 4.87. The van der Waals surface area contributed by atoms with Crippen LogP contribution in [0.1, 0.15) is 22.3 Å². The van der Waals surface area contributed by atoms with Crippen molar-refractivity contribution in [3.05, 3.63) is 87.4 Å². The number of halogens is 1. The van der Waals surface area contributed by atoms with Crippen molar-refractivity contribution in [1.29, 1.82) is 0 Å². The van der Waals surface area contributed by atoms with Crippen LogP contribution in [0.5, 0.6) is 0 Å². The Kier molecular flexibility index (Phi) is 5.29. The Hall–Kier alpha value is -2.85. The maximum atomic E-state index is 4.87. The van der Waals surface area contributed by atoms with Gasteiger partial charge in [-0.05, 0) is 51.0 Å². The molecular weight excluding hydrogens is 422 g/mol. The topological polar surface area (TPSA) is 38.7 Å². The van der Waals surface area contributed by atoms with E-state index in [0.29, 0.717) is 17.5 Å². The van der Waals surface area contributed by atoms with Crippen molar-refractivity contribution in [3.63, 3.8) is 0 Å². The zero-order valence-electron chi connectivity index (χ0n) is 17.0. The van der Waals surface area contributed by atoms with Gasteiger partial charge >= 0.3 is 0 Å². The molecule has 29 heavy (non-hydrogen) atoms. The van der Waals surface area contributed by atoms with Gasteiger partial charge in [0.2, 0.25) is 0 Å². The molecule has 0 radical (unpaired) electrons. The zero-order chi connectivity index (χ0) is 20.5. The minimum absolute atomic E-state index is 0.678. The summed E-state index contributed by atoms with van der Waals surface area (Å²) in [6, 6.07) is 20.8. The molecule has 0 aliphatic heterocycles. The predicted octanol–water partition coefficient (Wildman–Crippen LogP) is 6.87. The molecule has 0 bridgehead atoms. The molecule has 0 amide bonds. The van der Waals surface area contributed by atoms with Crippen LogP contribution in [0, 0.1) is 27.7 Å². The molecule has 0 aliphatic rings. The first kappa shape index (κ1) is 19.5. The van der Waals surface area contributed by atoms with Gasteiger partial charge in [0.05, 0.1) is 0 Å². The molecule has 1 heterocycles. The van der Waals surface area contributed by atoms with Crippen LogP contribution in [0.2, 0.25) is 0 Å². The van der Waals surface area contributed by atoms with Crippen molar-refractivity contribution in [2.45, 2.75) is 27.7 Å². The number of benzene rings is 3. The van der Waals surface area contributed by atoms with Crippen molar-refractivity contribution in [2.75, 3.05) is 0 Å². The van der Waals surface area contributed by atoms with Crippen LogP contribution in [0.15, 0.2) is 65.1 Å². The molecule has 0 unspecified atom stereocenters. The molecule has 4 rings (SSSR count). The number of hydrogen-bond acceptors (Lipinski definition) is 3. The van der Waals surface area contributed by atoms with E-state index in [1.54, 1.807) is 0 Å². The Morgan fingerprint density at radius 3 is 1.45 bits per heavy atom. The third-order valence-corrected chi connectivity index (χ3v) is 5.51. The van der Waals surface area contributed by atoms with E-state index in [1.165, 1.54) is 11.1 Å². The molecule has 1 aromatic heterocycles. The van der Waals surface area contributed by atoms with Crippen LogP contribution in [-0.4, -0.2) is 15.0 Å². The van der Waals surface area contributed by atoms with Crippen molar-refractivity contribution >= 4 is 15.9 Å². The van der Waals surface area contributed by atoms with Crippen molar-refractivity contribution in [1.82, 2.24) is 15.0 Å². The molecular formula is C25H22BrN3. The van der Waals surface area contributed by atoms with E-state index in [1.807, 2.05) is 24.3 Å². The Morgan fingerprint density at radius 2 is 1.00 bits per heavy atom. The average molecular weight is 444 g/mol. The third kappa shape index (κ3) is 4.13. The molecule has 0 aliphatic carbocycles. The van der Waals surface area contributed by atoms with Gasteiger partial charge in [0.1, 0.15) is 0 Å². The Balaban J connectivity index is 1.95. The van der Waals surface area contributed by atoms with E-state index >= 15 is 0 Å². The number of aryl methyl sites for hydroxylation is 4. The quantitative estimate of drug-likeness (QED) is 0.346. The van der Waals surface area contributed by atoms with Crippen molar-refractivity contribution in [3.8, 4) is 34.2 Å². The monoisotopic (exact) mass is 443 g/mol. The van der Waals surface area contributed by atoms with Gasteiger partial charge in [0, 0.05) is 21.2 Å². The largest absolute Gasteiger partial charge is 0.208 e. The van der Waals surface area contributed by atoms with Gasteiger partial charge in [-0.25, -0.2) is 15.0 Å². The van der Waals surface area contributed by atoms with E-state index in [2.05, 4.69) is 80.0 Å². The third-order valence-electron chi connectivity index (χ3n) is 4.98. The van der Waals surface area contributed by atoms with Gasteiger partial charge in [-0.1, -0.05) is 75.6 Å². The van der Waals surface area contributed by atoms with Crippen molar-refractivity contribution in [2.24, 2.45) is 0 Å². The molecule has 4 heteroatoms. The molecule has 0 atom stereocenters. The normalized spacial score (nSPS) is 10.9. The first-order valence-corrected chi connectivity index (χ1v) is 10.4. The van der Waals surface area contributed by atoms with Crippen LogP contribution in [0.3, 0.4) is 0 Å². The smallest absolute Gasteiger partial charge is 0.164 e. The minimum Gasteiger partial charge on any atom is -0.208 e. The molecule has 0 fully saturated rings. The molecule has 0 spiro atoms. The predicted molar refractivity (Wildman–Crippen MR) is 123 cm³/mol. The van der Waals surface area contributed by atoms with E-state index in [9.17, 15) is 0 Å². The summed E-state index contributed by atoms with van der Waals surface area (Å²) in [5.74, 6) is 2.08. The van der Waals surface area contributed by atoms with E-state index in [4.69, 9.17) is 15.0 Å². The summed E-state index contributed by atoms with van der Waals surface area (Å²) < 4.78 is 1.03. The van der Waals surface area contributed by atoms with Crippen LogP contribution >= 0.6 is 15.9 Å². The Labute approximate surface area is 180 Å². The van der Waals surface area contributed by atoms with Gasteiger partial charge in [-0.2, -0.15) is 0 Å². The lowest BCUT2D eigenvalue weighted by Crippen LogP contribution is -2.02. The lowest BCUT2D eigenvalue weighted by Gasteiger charge is -2.12. The summed E-state index contributed by atoms with van der Waals surface area (Å²) in [5, 5.41) is 0. The number of rotatable bonds is 3. The highest BCUT2D eigenvalue weighted by molar-refractivity contribution is 9.10. The molecule has 0 N–H and O–H groups in total. The average Bonchev–Trinajstić information content (AvgIpc) is 2.68. The van der Waals surface area contributed by atoms with E-state index in [0.717, 1.165) is 32.3 Å². The molecule has 0 saturated carbocycles. The summed E-state index contributed by atoms with van der Waals surface area (Å²) in [6.45, 7) is 8.39. The molecule has 4 aromatic rings. The van der Waals surface area contributed by atoms with Gasteiger partial charge < -0.3 is 0 Å². The summed E-state index contributed by atoms with van der Waals surface area (Å²) in [5.41, 5.74) is 7.79. The fourth-order valence-electron chi connectivity index (χ4n) is 3.47. The second-order valence-electron chi connectivity index (χ2n) is 7.45. The standard InChI is InChI=1S/C25H22BrN3/c1-15-5-11-21(17(3)13-15)24-27-23(19-7-9-20(26)10-8-19)28-25(29-24)22-12-6-16(2)14-18(22)4/h5-14H,1-4H3. The SMILES string of the molecule is Cc1ccc(-c2nc(-c3ccc(Br)cc3)nc(-c3ccc(C)cc3C)n2)c(C)c1.